The van der Waals surface area contributed by atoms with Crippen molar-refractivity contribution >= 4 is 40.2 Å². The van der Waals surface area contributed by atoms with E-state index in [1.54, 1.807) is 28.4 Å². The predicted molar refractivity (Wildman–Crippen MR) is 167 cm³/mol. The summed E-state index contributed by atoms with van der Waals surface area (Å²) in [5, 5.41) is 10.1. The van der Waals surface area contributed by atoms with Gasteiger partial charge in [0.05, 0.1) is 35.0 Å². The zero-order valence-corrected chi connectivity index (χ0v) is 26.2. The van der Waals surface area contributed by atoms with Crippen LogP contribution in [0.1, 0.15) is 25.0 Å². The second-order valence-corrected chi connectivity index (χ2v) is 10.7. The van der Waals surface area contributed by atoms with Crippen LogP contribution in [0.2, 0.25) is 5.28 Å². The highest BCUT2D eigenvalue weighted by atomic mass is 35.5. The molecular weight excluding hydrogens is 590 g/mol. The third kappa shape index (κ3) is 7.24. The van der Waals surface area contributed by atoms with Gasteiger partial charge in [0.15, 0.2) is 40.4 Å². The molecule has 0 amide bonds. The van der Waals surface area contributed by atoms with Crippen molar-refractivity contribution in [1.82, 2.24) is 19.9 Å². The number of ether oxygens (including phenoxy) is 6. The van der Waals surface area contributed by atoms with Gasteiger partial charge in [0.25, 0.3) is 0 Å². The number of anilines is 3. The Morgan fingerprint density at radius 3 is 1.82 bits per heavy atom. The molecule has 0 radical (unpaired) electrons. The van der Waals surface area contributed by atoms with E-state index >= 15 is 0 Å². The lowest BCUT2D eigenvalue weighted by Gasteiger charge is -2.18. The van der Waals surface area contributed by atoms with Gasteiger partial charge in [-0.2, -0.15) is 9.97 Å². The Bertz CT molecular complexity index is 1620. The first kappa shape index (κ1) is 31.1. The first-order chi connectivity index (χ1) is 21.2. The molecule has 2 aromatic heterocycles. The number of hydrogen-bond acceptors (Lipinski definition) is 13. The quantitative estimate of drug-likeness (QED) is 0.174. The van der Waals surface area contributed by atoms with Crippen LogP contribution in [0, 0.1) is 0 Å². The number of fused-ring (bicyclic) bond motifs is 1. The van der Waals surface area contributed by atoms with E-state index in [4.69, 9.17) is 50.0 Å². The highest BCUT2D eigenvalue weighted by molar-refractivity contribution is 6.29. The van der Waals surface area contributed by atoms with E-state index < -0.39 is 5.79 Å². The van der Waals surface area contributed by atoms with Crippen LogP contribution < -0.4 is 34.9 Å². The summed E-state index contributed by atoms with van der Waals surface area (Å²) in [7, 11) is 6.39. The minimum absolute atomic E-state index is 0.0459. The molecule has 1 atom stereocenters. The van der Waals surface area contributed by atoms with Crippen LogP contribution in [0.4, 0.5) is 17.6 Å². The minimum atomic E-state index is -0.644. The fraction of sp³-hybridized carbons (Fsp3) is 0.400. The van der Waals surface area contributed by atoms with Gasteiger partial charge in [-0.05, 0) is 60.8 Å². The SMILES string of the molecule is COc1ccc(CNc2nc(NCC3COC(C)(C)O3)nc3c(NCc4ccc(OC)c(OC)c4)nc(Cl)nc23)cc1OC. The normalized spacial score (nSPS) is 15.6. The van der Waals surface area contributed by atoms with Crippen molar-refractivity contribution in [2.45, 2.75) is 38.8 Å². The van der Waals surface area contributed by atoms with Crippen molar-refractivity contribution < 1.29 is 28.4 Å². The maximum atomic E-state index is 6.41. The lowest BCUT2D eigenvalue weighted by molar-refractivity contribution is -0.136. The number of rotatable bonds is 13. The predicted octanol–water partition coefficient (Wildman–Crippen LogP) is 4.90. The number of aromatic nitrogens is 4. The summed E-state index contributed by atoms with van der Waals surface area (Å²) in [6, 6.07) is 11.3. The average Bonchev–Trinajstić information content (AvgIpc) is 3.39. The number of halogens is 1. The molecule has 1 fully saturated rings. The van der Waals surface area contributed by atoms with Gasteiger partial charge in [-0.1, -0.05) is 12.1 Å². The highest BCUT2D eigenvalue weighted by Crippen LogP contribution is 2.32. The van der Waals surface area contributed by atoms with Crippen molar-refractivity contribution in [3.63, 3.8) is 0 Å². The topological polar surface area (TPSA) is 143 Å². The van der Waals surface area contributed by atoms with Crippen molar-refractivity contribution in [2.75, 3.05) is 57.5 Å². The molecule has 0 bridgehead atoms. The third-order valence-corrected chi connectivity index (χ3v) is 7.06. The van der Waals surface area contributed by atoms with Gasteiger partial charge in [-0.25, -0.2) is 9.97 Å². The average molecular weight is 626 g/mol. The summed E-state index contributed by atoms with van der Waals surface area (Å²) < 4.78 is 33.3. The van der Waals surface area contributed by atoms with Crippen LogP contribution in [-0.4, -0.2) is 73.4 Å². The molecule has 14 heteroatoms. The molecule has 13 nitrogen and oxygen atoms in total. The summed E-state index contributed by atoms with van der Waals surface area (Å²) in [5.41, 5.74) is 2.80. The second kappa shape index (κ2) is 13.5. The van der Waals surface area contributed by atoms with Gasteiger partial charge in [0.1, 0.15) is 17.1 Å². The zero-order chi connectivity index (χ0) is 31.3. The molecule has 0 spiro atoms. The number of methoxy groups -OCH3 is 4. The molecule has 4 aromatic rings. The molecule has 1 aliphatic heterocycles. The number of nitrogens with one attached hydrogen (secondary N) is 3. The fourth-order valence-electron chi connectivity index (χ4n) is 4.74. The molecule has 234 valence electrons. The Morgan fingerprint density at radius 1 is 0.750 bits per heavy atom. The van der Waals surface area contributed by atoms with Crippen LogP contribution >= 0.6 is 11.6 Å². The standard InChI is InChI=1S/C30H36ClN7O6/c1-30(2)43-16-19(44-30)15-34-29-36-25-24(27(38-29)33-14-18-8-10-21(40-4)23(12-18)42-6)35-28(31)37-26(25)32-13-17-7-9-20(39-3)22(11-17)41-5/h7-12,19H,13-16H2,1-6H3,(H,32,35,37)(H2,33,34,36,38). The molecule has 5 rings (SSSR count). The van der Waals surface area contributed by atoms with Gasteiger partial charge >= 0.3 is 0 Å². The van der Waals surface area contributed by atoms with Gasteiger partial charge < -0.3 is 44.4 Å². The van der Waals surface area contributed by atoms with Gasteiger partial charge in [0, 0.05) is 19.6 Å². The van der Waals surface area contributed by atoms with Gasteiger partial charge in [-0.15, -0.1) is 0 Å². The maximum absolute atomic E-state index is 6.41. The van der Waals surface area contributed by atoms with E-state index in [1.165, 1.54) is 0 Å². The van der Waals surface area contributed by atoms with E-state index in [0.29, 0.717) is 77.9 Å². The fourth-order valence-corrected chi connectivity index (χ4v) is 4.90. The molecule has 1 aliphatic rings. The lowest BCUT2D eigenvalue weighted by atomic mass is 10.2. The summed E-state index contributed by atoms with van der Waals surface area (Å²) in [4.78, 5) is 18.4. The first-order valence-electron chi connectivity index (χ1n) is 13.9. The molecule has 44 heavy (non-hydrogen) atoms. The van der Waals surface area contributed by atoms with Crippen LogP contribution in [0.5, 0.6) is 23.0 Å². The molecule has 0 saturated carbocycles. The minimum Gasteiger partial charge on any atom is -0.493 e. The summed E-state index contributed by atoms with van der Waals surface area (Å²) in [6.45, 7) is 5.48. The number of benzene rings is 2. The van der Waals surface area contributed by atoms with Crippen LogP contribution in [0.15, 0.2) is 36.4 Å². The Balaban J connectivity index is 1.46. The van der Waals surface area contributed by atoms with Gasteiger partial charge in [0.2, 0.25) is 11.2 Å². The molecular formula is C30H36ClN7O6. The summed E-state index contributed by atoms with van der Waals surface area (Å²) >= 11 is 6.41. The van der Waals surface area contributed by atoms with Crippen molar-refractivity contribution in [3.8, 4) is 23.0 Å². The maximum Gasteiger partial charge on any atom is 0.225 e. The van der Waals surface area contributed by atoms with E-state index in [-0.39, 0.29) is 11.4 Å². The Morgan fingerprint density at radius 2 is 1.30 bits per heavy atom. The molecule has 2 aromatic carbocycles. The van der Waals surface area contributed by atoms with Crippen molar-refractivity contribution in [2.24, 2.45) is 0 Å². The van der Waals surface area contributed by atoms with Crippen LogP contribution in [0.25, 0.3) is 11.0 Å². The molecule has 3 N–H and O–H groups in total. The smallest absolute Gasteiger partial charge is 0.225 e. The van der Waals surface area contributed by atoms with Crippen LogP contribution in [-0.2, 0) is 22.6 Å². The summed E-state index contributed by atoms with van der Waals surface area (Å²) in [5.74, 6) is 3.15. The Labute approximate surface area is 260 Å². The lowest BCUT2D eigenvalue weighted by Crippen LogP contribution is -2.26. The van der Waals surface area contributed by atoms with Crippen molar-refractivity contribution in [1.29, 1.82) is 0 Å². The highest BCUT2D eigenvalue weighted by Gasteiger charge is 2.32. The third-order valence-electron chi connectivity index (χ3n) is 6.89. The Kier molecular flexibility index (Phi) is 9.57. The Hall–Kier alpha value is -4.33. The van der Waals surface area contributed by atoms with E-state index in [0.717, 1.165) is 11.1 Å². The van der Waals surface area contributed by atoms with Crippen LogP contribution in [0.3, 0.4) is 0 Å². The second-order valence-electron chi connectivity index (χ2n) is 10.4. The van der Waals surface area contributed by atoms with Gasteiger partial charge in [-0.3, -0.25) is 0 Å². The summed E-state index contributed by atoms with van der Waals surface area (Å²) in [6.07, 6.45) is -0.170. The molecule has 1 unspecified atom stereocenters. The van der Waals surface area contributed by atoms with Crippen molar-refractivity contribution in [3.05, 3.63) is 52.8 Å². The zero-order valence-electron chi connectivity index (χ0n) is 25.5. The van der Waals surface area contributed by atoms with E-state index in [1.807, 2.05) is 50.2 Å². The first-order valence-corrected chi connectivity index (χ1v) is 14.3. The number of nitrogens with zero attached hydrogens (tertiary/aromatic N) is 4. The van der Waals surface area contributed by atoms with E-state index in [2.05, 4.69) is 25.9 Å². The molecule has 1 saturated heterocycles. The molecule has 3 heterocycles. The monoisotopic (exact) mass is 625 g/mol. The van der Waals surface area contributed by atoms with E-state index in [9.17, 15) is 0 Å². The largest absolute Gasteiger partial charge is 0.493 e. The number of hydrogen-bond donors (Lipinski definition) is 3. The molecule has 0 aliphatic carbocycles.